The maximum absolute atomic E-state index is 12.4. The minimum absolute atomic E-state index is 0.0651. The molecule has 1 aliphatic rings. The number of hydrogen-bond donors (Lipinski definition) is 1. The number of hydrogen-bond acceptors (Lipinski definition) is 3. The van der Waals surface area contributed by atoms with E-state index in [9.17, 15) is 4.79 Å². The van der Waals surface area contributed by atoms with E-state index in [-0.39, 0.29) is 11.9 Å². The number of carbonyl (C=O) groups is 1. The summed E-state index contributed by atoms with van der Waals surface area (Å²) in [7, 11) is 0. The van der Waals surface area contributed by atoms with Gasteiger partial charge in [-0.3, -0.25) is 14.6 Å². The monoisotopic (exact) mass is 351 g/mol. The summed E-state index contributed by atoms with van der Waals surface area (Å²) in [5.74, 6) is 0.137. The second-order valence-corrected chi connectivity index (χ2v) is 7.00. The molecule has 0 aliphatic carbocycles. The number of nitrogens with one attached hydrogen (secondary N) is 1. The zero-order valence-corrected chi connectivity index (χ0v) is 15.6. The van der Waals surface area contributed by atoms with Gasteiger partial charge in [-0.15, -0.1) is 0 Å². The van der Waals surface area contributed by atoms with E-state index in [2.05, 4.69) is 57.6 Å². The lowest BCUT2D eigenvalue weighted by atomic mass is 10.1. The predicted molar refractivity (Wildman–Crippen MR) is 106 cm³/mol. The van der Waals surface area contributed by atoms with Crippen molar-refractivity contribution in [3.8, 4) is 0 Å². The minimum atomic E-state index is -0.0651. The highest BCUT2D eigenvalue weighted by Gasteiger charge is 2.25. The van der Waals surface area contributed by atoms with E-state index < -0.39 is 0 Å². The second kappa shape index (κ2) is 9.51. The quantitative estimate of drug-likeness (QED) is 0.833. The number of amides is 1. The van der Waals surface area contributed by atoms with Gasteiger partial charge in [0.2, 0.25) is 5.91 Å². The summed E-state index contributed by atoms with van der Waals surface area (Å²) in [6.45, 7) is 7.62. The topological polar surface area (TPSA) is 35.6 Å². The molecule has 0 spiro atoms. The lowest BCUT2D eigenvalue weighted by Crippen LogP contribution is -2.53. The molecule has 1 fully saturated rings. The molecule has 2 aromatic rings. The van der Waals surface area contributed by atoms with Gasteiger partial charge in [0.05, 0.1) is 6.04 Å². The molecule has 0 bridgehead atoms. The summed E-state index contributed by atoms with van der Waals surface area (Å²) in [5.41, 5.74) is 2.61. The van der Waals surface area contributed by atoms with Gasteiger partial charge in [0.25, 0.3) is 0 Å². The van der Waals surface area contributed by atoms with Crippen LogP contribution in [0.1, 0.15) is 18.1 Å². The molecule has 0 radical (unpaired) electrons. The molecule has 3 rings (SSSR count). The molecule has 138 valence electrons. The first-order chi connectivity index (χ1) is 12.7. The van der Waals surface area contributed by atoms with Crippen molar-refractivity contribution in [2.75, 3.05) is 32.7 Å². The molecular weight excluding hydrogens is 322 g/mol. The zero-order valence-electron chi connectivity index (χ0n) is 15.6. The van der Waals surface area contributed by atoms with Crippen molar-refractivity contribution in [1.82, 2.24) is 15.1 Å². The molecule has 1 amide bonds. The van der Waals surface area contributed by atoms with Crippen LogP contribution in [0.3, 0.4) is 0 Å². The van der Waals surface area contributed by atoms with E-state index >= 15 is 0 Å². The maximum Gasteiger partial charge on any atom is 0.237 e. The van der Waals surface area contributed by atoms with Gasteiger partial charge in [-0.25, -0.2) is 0 Å². The lowest BCUT2D eigenvalue weighted by Gasteiger charge is -2.37. The predicted octanol–water partition coefficient (Wildman–Crippen LogP) is 2.55. The summed E-state index contributed by atoms with van der Waals surface area (Å²) < 4.78 is 0. The molecule has 1 aliphatic heterocycles. The molecule has 0 unspecified atom stereocenters. The van der Waals surface area contributed by atoms with E-state index in [1.54, 1.807) is 0 Å². The summed E-state index contributed by atoms with van der Waals surface area (Å²) >= 11 is 0. The van der Waals surface area contributed by atoms with Crippen LogP contribution in [0, 0.1) is 0 Å². The Bertz CT molecular complexity index is 666. The molecule has 0 saturated carbocycles. The van der Waals surface area contributed by atoms with E-state index in [4.69, 9.17) is 0 Å². The summed E-state index contributed by atoms with van der Waals surface area (Å²) in [4.78, 5) is 17.2. The first-order valence-corrected chi connectivity index (χ1v) is 9.54. The minimum Gasteiger partial charge on any atom is -0.354 e. The fourth-order valence-electron chi connectivity index (χ4n) is 3.44. The SMILES string of the molecule is C[C@H](C(=O)NCCc1ccccc1)N1CCN(Cc2ccccc2)CC1. The van der Waals surface area contributed by atoms with Crippen LogP contribution in [0.25, 0.3) is 0 Å². The number of rotatable bonds is 7. The average molecular weight is 351 g/mol. The van der Waals surface area contributed by atoms with Gasteiger partial charge in [-0.05, 0) is 24.5 Å². The number of carbonyl (C=O) groups excluding carboxylic acids is 1. The van der Waals surface area contributed by atoms with Gasteiger partial charge < -0.3 is 5.32 Å². The van der Waals surface area contributed by atoms with Gasteiger partial charge in [-0.2, -0.15) is 0 Å². The molecular formula is C22H29N3O. The van der Waals surface area contributed by atoms with Crippen molar-refractivity contribution >= 4 is 5.91 Å². The van der Waals surface area contributed by atoms with Crippen molar-refractivity contribution in [1.29, 1.82) is 0 Å². The first kappa shape index (κ1) is 18.6. The van der Waals surface area contributed by atoms with Crippen LogP contribution >= 0.6 is 0 Å². The molecule has 4 nitrogen and oxygen atoms in total. The Kier molecular flexibility index (Phi) is 6.81. The third kappa shape index (κ3) is 5.41. The highest BCUT2D eigenvalue weighted by atomic mass is 16.2. The number of piperazine rings is 1. The molecule has 1 saturated heterocycles. The lowest BCUT2D eigenvalue weighted by molar-refractivity contribution is -0.126. The second-order valence-electron chi connectivity index (χ2n) is 7.00. The largest absolute Gasteiger partial charge is 0.354 e. The van der Waals surface area contributed by atoms with Crippen molar-refractivity contribution in [2.45, 2.75) is 25.9 Å². The van der Waals surface area contributed by atoms with E-state index in [1.165, 1.54) is 11.1 Å². The van der Waals surface area contributed by atoms with Gasteiger partial charge in [0.15, 0.2) is 0 Å². The molecule has 1 N–H and O–H groups in total. The van der Waals surface area contributed by atoms with Crippen LogP contribution in [0.5, 0.6) is 0 Å². The molecule has 1 heterocycles. The third-order valence-electron chi connectivity index (χ3n) is 5.14. The molecule has 2 aromatic carbocycles. The van der Waals surface area contributed by atoms with Crippen LogP contribution in [0.2, 0.25) is 0 Å². The van der Waals surface area contributed by atoms with Crippen molar-refractivity contribution in [3.63, 3.8) is 0 Å². The van der Waals surface area contributed by atoms with Crippen LogP contribution < -0.4 is 5.32 Å². The Hall–Kier alpha value is -2.17. The van der Waals surface area contributed by atoms with Gasteiger partial charge in [0.1, 0.15) is 0 Å². The van der Waals surface area contributed by atoms with E-state index in [0.717, 1.165) is 39.1 Å². The van der Waals surface area contributed by atoms with Crippen LogP contribution in [-0.2, 0) is 17.8 Å². The summed E-state index contributed by atoms with van der Waals surface area (Å²) in [5, 5.41) is 3.09. The van der Waals surface area contributed by atoms with E-state index in [1.807, 2.05) is 25.1 Å². The molecule has 0 aromatic heterocycles. The molecule has 1 atom stereocenters. The molecule has 26 heavy (non-hydrogen) atoms. The first-order valence-electron chi connectivity index (χ1n) is 9.54. The Labute approximate surface area is 156 Å². The fourth-order valence-corrected chi connectivity index (χ4v) is 3.44. The zero-order chi connectivity index (χ0) is 18.2. The van der Waals surface area contributed by atoms with E-state index in [0.29, 0.717) is 6.54 Å². The maximum atomic E-state index is 12.4. The summed E-state index contributed by atoms with van der Waals surface area (Å²) in [6.07, 6.45) is 0.879. The Balaban J connectivity index is 1.38. The van der Waals surface area contributed by atoms with Crippen molar-refractivity contribution in [3.05, 3.63) is 71.8 Å². The third-order valence-corrected chi connectivity index (χ3v) is 5.14. The number of nitrogens with zero attached hydrogens (tertiary/aromatic N) is 2. The standard InChI is InChI=1S/C22H29N3O/c1-19(22(26)23-13-12-20-8-4-2-5-9-20)25-16-14-24(15-17-25)18-21-10-6-3-7-11-21/h2-11,19H,12-18H2,1H3,(H,23,26)/t19-/m1/s1. The average Bonchev–Trinajstić information content (AvgIpc) is 2.69. The van der Waals surface area contributed by atoms with Crippen LogP contribution in [-0.4, -0.2) is 54.5 Å². The fraction of sp³-hybridized carbons (Fsp3) is 0.409. The molecule has 4 heteroatoms. The van der Waals surface area contributed by atoms with Crippen LogP contribution in [0.4, 0.5) is 0 Å². The van der Waals surface area contributed by atoms with Crippen molar-refractivity contribution in [2.24, 2.45) is 0 Å². The smallest absolute Gasteiger partial charge is 0.237 e. The highest BCUT2D eigenvalue weighted by Crippen LogP contribution is 2.10. The number of benzene rings is 2. The van der Waals surface area contributed by atoms with Gasteiger partial charge in [-0.1, -0.05) is 60.7 Å². The normalized spacial score (nSPS) is 17.0. The Morgan fingerprint density at radius 2 is 1.50 bits per heavy atom. The van der Waals surface area contributed by atoms with Crippen LogP contribution in [0.15, 0.2) is 60.7 Å². The van der Waals surface area contributed by atoms with Gasteiger partial charge >= 0.3 is 0 Å². The summed E-state index contributed by atoms with van der Waals surface area (Å²) in [6, 6.07) is 20.8. The Morgan fingerprint density at radius 3 is 2.12 bits per heavy atom. The Morgan fingerprint density at radius 1 is 0.923 bits per heavy atom. The van der Waals surface area contributed by atoms with Crippen molar-refractivity contribution < 1.29 is 4.79 Å². The highest BCUT2D eigenvalue weighted by molar-refractivity contribution is 5.81. The van der Waals surface area contributed by atoms with Gasteiger partial charge in [0, 0.05) is 39.3 Å².